The van der Waals surface area contributed by atoms with Crippen LogP contribution in [0.3, 0.4) is 0 Å². The lowest BCUT2D eigenvalue weighted by Gasteiger charge is -2.16. The first-order valence-corrected chi connectivity index (χ1v) is 6.24. The highest BCUT2D eigenvalue weighted by Gasteiger charge is 2.16. The van der Waals surface area contributed by atoms with E-state index in [-0.39, 0.29) is 17.4 Å². The van der Waals surface area contributed by atoms with E-state index in [1.807, 2.05) is 38.1 Å². The molecule has 20 heavy (non-hydrogen) atoms. The Morgan fingerprint density at radius 1 is 1.20 bits per heavy atom. The highest BCUT2D eigenvalue weighted by Crippen LogP contribution is 2.28. The van der Waals surface area contributed by atoms with Crippen LogP contribution in [0.15, 0.2) is 42.5 Å². The molecule has 0 saturated heterocycles. The Labute approximate surface area is 116 Å². The van der Waals surface area contributed by atoms with Crippen LogP contribution in [-0.4, -0.2) is 4.92 Å². The van der Waals surface area contributed by atoms with Crippen molar-refractivity contribution in [2.24, 2.45) is 0 Å². The third kappa shape index (κ3) is 3.12. The minimum absolute atomic E-state index is 0.134. The topological polar surface area (TPSA) is 55.2 Å². The van der Waals surface area contributed by atoms with Crippen molar-refractivity contribution in [3.05, 3.63) is 69.5 Å². The number of nitrogens with one attached hydrogen (secondary N) is 1. The third-order valence-electron chi connectivity index (χ3n) is 3.10. The summed E-state index contributed by atoms with van der Waals surface area (Å²) in [6.45, 7) is 3.86. The first kappa shape index (κ1) is 14.0. The second kappa shape index (κ2) is 5.69. The molecule has 4 nitrogen and oxygen atoms in total. The van der Waals surface area contributed by atoms with E-state index in [9.17, 15) is 14.5 Å². The predicted octanol–water partition coefficient (Wildman–Crippen LogP) is 4.22. The lowest BCUT2D eigenvalue weighted by atomic mass is 10.1. The quantitative estimate of drug-likeness (QED) is 0.671. The Bertz CT molecular complexity index is 626. The standard InChI is InChI=1S/C15H15FN2O2/c1-10-3-5-12(6-4-10)11(2)17-14-9-13(16)7-8-15(14)18(19)20/h3-9,11,17H,1-2H3. The Morgan fingerprint density at radius 3 is 2.45 bits per heavy atom. The average molecular weight is 274 g/mol. The second-order valence-corrected chi connectivity index (χ2v) is 4.70. The highest BCUT2D eigenvalue weighted by molar-refractivity contribution is 5.62. The summed E-state index contributed by atoms with van der Waals surface area (Å²) in [6.07, 6.45) is 0. The zero-order chi connectivity index (χ0) is 14.7. The first-order valence-electron chi connectivity index (χ1n) is 6.24. The summed E-state index contributed by atoms with van der Waals surface area (Å²) in [6, 6.07) is 11.1. The van der Waals surface area contributed by atoms with Crippen molar-refractivity contribution in [2.45, 2.75) is 19.9 Å². The molecule has 0 aliphatic carbocycles. The lowest BCUT2D eigenvalue weighted by Crippen LogP contribution is -2.08. The number of halogens is 1. The summed E-state index contributed by atoms with van der Waals surface area (Å²) in [7, 11) is 0. The van der Waals surface area contributed by atoms with Gasteiger partial charge in [0.15, 0.2) is 0 Å². The molecule has 0 fully saturated rings. The van der Waals surface area contributed by atoms with Crippen molar-refractivity contribution in [3.63, 3.8) is 0 Å². The zero-order valence-corrected chi connectivity index (χ0v) is 11.3. The molecule has 0 aromatic heterocycles. The van der Waals surface area contributed by atoms with Crippen molar-refractivity contribution in [2.75, 3.05) is 5.32 Å². The van der Waals surface area contributed by atoms with Gasteiger partial charge in [-0.1, -0.05) is 29.8 Å². The SMILES string of the molecule is Cc1ccc(C(C)Nc2cc(F)ccc2[N+](=O)[O-])cc1. The van der Waals surface area contributed by atoms with E-state index >= 15 is 0 Å². The molecular weight excluding hydrogens is 259 g/mol. The Hall–Kier alpha value is -2.43. The number of rotatable bonds is 4. The van der Waals surface area contributed by atoms with Crippen molar-refractivity contribution in [1.29, 1.82) is 0 Å². The number of hydrogen-bond donors (Lipinski definition) is 1. The molecule has 2 aromatic carbocycles. The molecule has 0 heterocycles. The van der Waals surface area contributed by atoms with Crippen LogP contribution in [-0.2, 0) is 0 Å². The number of nitro benzene ring substituents is 1. The van der Waals surface area contributed by atoms with Crippen molar-refractivity contribution in [1.82, 2.24) is 0 Å². The van der Waals surface area contributed by atoms with Crippen LogP contribution in [0.4, 0.5) is 15.8 Å². The molecule has 0 saturated carbocycles. The number of benzene rings is 2. The normalized spacial score (nSPS) is 11.9. The molecule has 0 spiro atoms. The Balaban J connectivity index is 2.27. The maximum atomic E-state index is 13.3. The van der Waals surface area contributed by atoms with E-state index in [1.165, 1.54) is 6.07 Å². The van der Waals surface area contributed by atoms with Gasteiger partial charge in [0.25, 0.3) is 5.69 Å². The summed E-state index contributed by atoms with van der Waals surface area (Å²) in [5.41, 5.74) is 2.17. The van der Waals surface area contributed by atoms with Gasteiger partial charge in [-0.15, -0.1) is 0 Å². The van der Waals surface area contributed by atoms with Crippen molar-refractivity contribution >= 4 is 11.4 Å². The van der Waals surface area contributed by atoms with Gasteiger partial charge in [0, 0.05) is 18.2 Å². The summed E-state index contributed by atoms with van der Waals surface area (Å²) >= 11 is 0. The largest absolute Gasteiger partial charge is 0.373 e. The Morgan fingerprint density at radius 2 is 1.85 bits per heavy atom. The van der Waals surface area contributed by atoms with E-state index in [2.05, 4.69) is 5.32 Å². The van der Waals surface area contributed by atoms with Gasteiger partial charge in [0.05, 0.1) is 4.92 Å². The van der Waals surface area contributed by atoms with Gasteiger partial charge in [-0.3, -0.25) is 10.1 Å². The lowest BCUT2D eigenvalue weighted by molar-refractivity contribution is -0.384. The van der Waals surface area contributed by atoms with Crippen LogP contribution < -0.4 is 5.32 Å². The van der Waals surface area contributed by atoms with Gasteiger partial charge in [0.1, 0.15) is 11.5 Å². The van der Waals surface area contributed by atoms with Crippen LogP contribution in [0, 0.1) is 22.9 Å². The van der Waals surface area contributed by atoms with E-state index in [0.29, 0.717) is 0 Å². The second-order valence-electron chi connectivity index (χ2n) is 4.70. The van der Waals surface area contributed by atoms with E-state index in [1.54, 1.807) is 0 Å². The highest BCUT2D eigenvalue weighted by atomic mass is 19.1. The van der Waals surface area contributed by atoms with Crippen LogP contribution in [0.5, 0.6) is 0 Å². The molecule has 5 heteroatoms. The molecular formula is C15H15FN2O2. The number of nitro groups is 1. The van der Waals surface area contributed by atoms with E-state index in [0.717, 1.165) is 23.3 Å². The monoisotopic (exact) mass is 274 g/mol. The van der Waals surface area contributed by atoms with Gasteiger partial charge >= 0.3 is 0 Å². The zero-order valence-electron chi connectivity index (χ0n) is 11.3. The average Bonchev–Trinajstić information content (AvgIpc) is 2.39. The molecule has 0 radical (unpaired) electrons. The molecule has 0 aliphatic rings. The smallest absolute Gasteiger partial charge is 0.292 e. The van der Waals surface area contributed by atoms with Gasteiger partial charge < -0.3 is 5.32 Å². The van der Waals surface area contributed by atoms with Gasteiger partial charge in [0.2, 0.25) is 0 Å². The van der Waals surface area contributed by atoms with Crippen LogP contribution in [0.2, 0.25) is 0 Å². The minimum atomic E-state index is -0.524. The molecule has 104 valence electrons. The number of nitrogens with zero attached hydrogens (tertiary/aromatic N) is 1. The maximum absolute atomic E-state index is 13.3. The van der Waals surface area contributed by atoms with Gasteiger partial charge in [-0.05, 0) is 25.5 Å². The molecule has 0 amide bonds. The molecule has 1 unspecified atom stereocenters. The van der Waals surface area contributed by atoms with Crippen LogP contribution >= 0.6 is 0 Å². The van der Waals surface area contributed by atoms with Crippen LogP contribution in [0.25, 0.3) is 0 Å². The predicted molar refractivity (Wildman–Crippen MR) is 76.3 cm³/mol. The van der Waals surface area contributed by atoms with Crippen LogP contribution in [0.1, 0.15) is 24.1 Å². The van der Waals surface area contributed by atoms with E-state index < -0.39 is 10.7 Å². The van der Waals surface area contributed by atoms with Gasteiger partial charge in [-0.25, -0.2) is 4.39 Å². The summed E-state index contributed by atoms with van der Waals surface area (Å²) in [5.74, 6) is -0.505. The number of hydrogen-bond acceptors (Lipinski definition) is 3. The molecule has 2 aromatic rings. The number of anilines is 1. The fraction of sp³-hybridized carbons (Fsp3) is 0.200. The maximum Gasteiger partial charge on any atom is 0.292 e. The fourth-order valence-electron chi connectivity index (χ4n) is 1.95. The Kier molecular flexibility index (Phi) is 3.98. The summed E-state index contributed by atoms with van der Waals surface area (Å²) in [4.78, 5) is 10.4. The van der Waals surface area contributed by atoms with Gasteiger partial charge in [-0.2, -0.15) is 0 Å². The van der Waals surface area contributed by atoms with Crippen molar-refractivity contribution < 1.29 is 9.31 Å². The summed E-state index contributed by atoms with van der Waals surface area (Å²) in [5, 5.41) is 13.9. The number of aryl methyl sites for hydroxylation is 1. The first-order chi connectivity index (χ1) is 9.47. The molecule has 0 bridgehead atoms. The minimum Gasteiger partial charge on any atom is -0.373 e. The summed E-state index contributed by atoms with van der Waals surface area (Å²) < 4.78 is 13.3. The molecule has 2 rings (SSSR count). The van der Waals surface area contributed by atoms with E-state index in [4.69, 9.17) is 0 Å². The van der Waals surface area contributed by atoms with Crippen molar-refractivity contribution in [3.8, 4) is 0 Å². The molecule has 1 atom stereocenters. The third-order valence-corrected chi connectivity index (χ3v) is 3.10. The fourth-order valence-corrected chi connectivity index (χ4v) is 1.95. The molecule has 0 aliphatic heterocycles. The molecule has 1 N–H and O–H groups in total.